The van der Waals surface area contributed by atoms with Crippen LogP contribution in [0.1, 0.15) is 46.5 Å². The van der Waals surface area contributed by atoms with Crippen LogP contribution < -0.4 is 5.32 Å². The molecule has 0 atom stereocenters. The molecule has 2 rings (SSSR count). The average molecular weight is 223 g/mol. The third-order valence-corrected chi connectivity index (χ3v) is 4.21. The van der Waals surface area contributed by atoms with Gasteiger partial charge in [-0.1, -0.05) is 13.8 Å². The number of rotatable bonds is 1. The summed E-state index contributed by atoms with van der Waals surface area (Å²) in [4.78, 5) is 13.6. The van der Waals surface area contributed by atoms with Crippen LogP contribution in [0.3, 0.4) is 0 Å². The van der Waals surface area contributed by atoms with Crippen LogP contribution in [-0.2, 0) is 0 Å². The summed E-state index contributed by atoms with van der Waals surface area (Å²) in [7, 11) is 0. The van der Waals surface area contributed by atoms with Gasteiger partial charge in [-0.25, -0.2) is 4.79 Å². The molecular weight excluding hydrogens is 202 g/mol. The Morgan fingerprint density at radius 1 is 1.31 bits per heavy atom. The number of nitrogens with zero attached hydrogens (tertiary/aromatic N) is 1. The van der Waals surface area contributed by atoms with Gasteiger partial charge in [0.15, 0.2) is 0 Å². The third kappa shape index (κ3) is 1.51. The molecule has 0 aromatic carbocycles. The summed E-state index contributed by atoms with van der Waals surface area (Å²) >= 11 is 0. The second-order valence-electron chi connectivity index (χ2n) is 5.75. The Morgan fingerprint density at radius 2 is 1.88 bits per heavy atom. The van der Waals surface area contributed by atoms with Crippen molar-refractivity contribution in [3.05, 3.63) is 0 Å². The molecule has 0 unspecified atom stereocenters. The van der Waals surface area contributed by atoms with E-state index in [0.29, 0.717) is 17.8 Å². The number of carbonyl (C=O) groups excluding carboxylic acids is 1. The molecule has 1 heterocycles. The monoisotopic (exact) mass is 223 g/mol. The second-order valence-corrected chi connectivity index (χ2v) is 5.75. The van der Waals surface area contributed by atoms with Crippen LogP contribution in [0.2, 0.25) is 0 Å². The molecule has 1 spiro atoms. The van der Waals surface area contributed by atoms with Gasteiger partial charge in [-0.05, 0) is 38.0 Å². The first-order valence-corrected chi connectivity index (χ1v) is 6.09. The molecule has 4 heteroatoms. The fraction of sp³-hybridized carbons (Fsp3) is 0.833. The topological polar surface area (TPSA) is 56.2 Å². The van der Waals surface area contributed by atoms with E-state index in [1.807, 2.05) is 11.8 Å². The summed E-state index contributed by atoms with van der Waals surface area (Å²) in [6.07, 6.45) is 4.01. The van der Waals surface area contributed by atoms with Gasteiger partial charge >= 0.3 is 6.03 Å². The zero-order valence-electron chi connectivity index (χ0n) is 10.4. The minimum atomic E-state index is -0.318. The van der Waals surface area contributed by atoms with Crippen molar-refractivity contribution in [3.63, 3.8) is 0 Å². The van der Waals surface area contributed by atoms with Crippen molar-refractivity contribution in [2.45, 2.75) is 52.0 Å². The number of carbonyl (C=O) groups is 1. The molecule has 1 aliphatic heterocycles. The molecule has 2 fully saturated rings. The Labute approximate surface area is 96.9 Å². The molecular formula is C12H21N3O. The van der Waals surface area contributed by atoms with Gasteiger partial charge in [-0.3, -0.25) is 10.7 Å². The van der Waals surface area contributed by atoms with Crippen molar-refractivity contribution in [2.75, 3.05) is 6.54 Å². The van der Waals surface area contributed by atoms with Crippen LogP contribution in [0.4, 0.5) is 4.79 Å². The molecule has 2 amide bonds. The molecule has 16 heavy (non-hydrogen) atoms. The summed E-state index contributed by atoms with van der Waals surface area (Å²) in [5.74, 6) is 0.412. The highest BCUT2D eigenvalue weighted by Gasteiger charge is 2.51. The minimum Gasteiger partial charge on any atom is -0.312 e. The lowest BCUT2D eigenvalue weighted by molar-refractivity contribution is 0.105. The first-order valence-electron chi connectivity index (χ1n) is 6.09. The van der Waals surface area contributed by atoms with E-state index in [2.05, 4.69) is 19.2 Å². The van der Waals surface area contributed by atoms with Crippen molar-refractivity contribution in [2.24, 2.45) is 5.41 Å². The molecule has 0 aromatic heterocycles. The second kappa shape index (κ2) is 3.47. The number of amides is 2. The highest BCUT2D eigenvalue weighted by Crippen LogP contribution is 2.44. The van der Waals surface area contributed by atoms with Crippen LogP contribution in [0.5, 0.6) is 0 Å². The van der Waals surface area contributed by atoms with Crippen molar-refractivity contribution in [3.8, 4) is 0 Å². The average Bonchev–Trinajstić information content (AvgIpc) is 2.43. The molecule has 1 saturated heterocycles. The lowest BCUT2D eigenvalue weighted by Crippen LogP contribution is -2.52. The Morgan fingerprint density at radius 3 is 2.38 bits per heavy atom. The maximum absolute atomic E-state index is 11.7. The van der Waals surface area contributed by atoms with Crippen LogP contribution in [0.25, 0.3) is 0 Å². The van der Waals surface area contributed by atoms with Gasteiger partial charge in [0.1, 0.15) is 11.4 Å². The van der Waals surface area contributed by atoms with Crippen molar-refractivity contribution in [1.82, 2.24) is 10.2 Å². The number of hydrogen-bond acceptors (Lipinski definition) is 2. The summed E-state index contributed by atoms with van der Waals surface area (Å²) in [5, 5.41) is 10.7. The largest absolute Gasteiger partial charge is 0.323 e. The minimum absolute atomic E-state index is 0.0905. The predicted octanol–water partition coefficient (Wildman–Crippen LogP) is 2.35. The molecule has 4 nitrogen and oxygen atoms in total. The van der Waals surface area contributed by atoms with Gasteiger partial charge in [-0.2, -0.15) is 0 Å². The number of amidine groups is 1. The van der Waals surface area contributed by atoms with E-state index in [1.165, 1.54) is 0 Å². The molecule has 0 aromatic rings. The Kier molecular flexibility index (Phi) is 2.48. The number of likely N-dealkylation sites (N-methyl/N-ethyl adjacent to an activating group) is 1. The van der Waals surface area contributed by atoms with Crippen LogP contribution in [-0.4, -0.2) is 28.9 Å². The van der Waals surface area contributed by atoms with E-state index in [9.17, 15) is 4.79 Å². The molecule has 1 saturated carbocycles. The maximum Gasteiger partial charge on any atom is 0.323 e. The van der Waals surface area contributed by atoms with Crippen molar-refractivity contribution in [1.29, 1.82) is 5.41 Å². The van der Waals surface area contributed by atoms with Crippen LogP contribution in [0, 0.1) is 10.8 Å². The lowest BCUT2D eigenvalue weighted by Gasteiger charge is -2.44. The molecule has 1 aliphatic carbocycles. The van der Waals surface area contributed by atoms with Gasteiger partial charge in [0, 0.05) is 6.54 Å². The Hall–Kier alpha value is -1.06. The Balaban J connectivity index is 2.24. The first kappa shape index (κ1) is 11.4. The number of urea groups is 1. The fourth-order valence-corrected chi connectivity index (χ4v) is 2.93. The third-order valence-electron chi connectivity index (χ3n) is 4.21. The Bertz CT molecular complexity index is 325. The van der Waals surface area contributed by atoms with Crippen molar-refractivity contribution < 1.29 is 4.79 Å². The van der Waals surface area contributed by atoms with Crippen LogP contribution in [0.15, 0.2) is 0 Å². The van der Waals surface area contributed by atoms with Crippen LogP contribution >= 0.6 is 0 Å². The van der Waals surface area contributed by atoms with Gasteiger partial charge in [0.25, 0.3) is 0 Å². The first-order chi connectivity index (χ1) is 7.41. The number of hydrogen-bond donors (Lipinski definition) is 2. The van der Waals surface area contributed by atoms with Gasteiger partial charge < -0.3 is 4.90 Å². The van der Waals surface area contributed by atoms with E-state index in [0.717, 1.165) is 25.7 Å². The molecule has 0 bridgehead atoms. The normalized spacial score (nSPS) is 27.3. The summed E-state index contributed by atoms with van der Waals surface area (Å²) in [5.41, 5.74) is 0.0396. The van der Waals surface area contributed by atoms with E-state index in [4.69, 9.17) is 5.41 Å². The van der Waals surface area contributed by atoms with Crippen molar-refractivity contribution >= 4 is 11.9 Å². The van der Waals surface area contributed by atoms with Gasteiger partial charge in [0.2, 0.25) is 0 Å². The molecule has 2 N–H and O–H groups in total. The molecule has 90 valence electrons. The fourth-order valence-electron chi connectivity index (χ4n) is 2.93. The standard InChI is InChI=1S/C12H21N3O/c1-4-15-10(16)14-9(13)12(15)7-5-11(2,3)6-8-12/h4-8H2,1-3H3,(H2,13,14,16). The summed E-state index contributed by atoms with van der Waals surface area (Å²) in [6, 6.07) is -0.0905. The van der Waals surface area contributed by atoms with E-state index in [-0.39, 0.29) is 11.6 Å². The summed E-state index contributed by atoms with van der Waals surface area (Å²) < 4.78 is 0. The lowest BCUT2D eigenvalue weighted by atomic mass is 9.68. The highest BCUT2D eigenvalue weighted by atomic mass is 16.2. The zero-order valence-corrected chi connectivity index (χ0v) is 10.4. The smallest absolute Gasteiger partial charge is 0.312 e. The van der Waals surface area contributed by atoms with E-state index in [1.54, 1.807) is 0 Å². The molecule has 0 radical (unpaired) electrons. The summed E-state index contributed by atoms with van der Waals surface area (Å²) in [6.45, 7) is 7.21. The van der Waals surface area contributed by atoms with E-state index < -0.39 is 0 Å². The van der Waals surface area contributed by atoms with E-state index >= 15 is 0 Å². The quantitative estimate of drug-likeness (QED) is 0.704. The highest BCUT2D eigenvalue weighted by molar-refractivity contribution is 6.08. The van der Waals surface area contributed by atoms with Gasteiger partial charge in [0.05, 0.1) is 0 Å². The number of nitrogens with one attached hydrogen (secondary N) is 2. The SMILES string of the molecule is CCN1C(=O)NC(=N)C12CCC(C)(C)CC2. The van der Waals surface area contributed by atoms with Gasteiger partial charge in [-0.15, -0.1) is 0 Å². The molecule has 2 aliphatic rings. The zero-order chi connectivity index (χ0) is 12.0. The predicted molar refractivity (Wildman–Crippen MR) is 63.6 cm³/mol. The maximum atomic E-state index is 11.7.